The maximum absolute atomic E-state index is 13.1. The molecule has 1 atom stereocenters. The molecule has 1 unspecified atom stereocenters. The van der Waals surface area contributed by atoms with Gasteiger partial charge in [0.15, 0.2) is 0 Å². The van der Waals surface area contributed by atoms with Crippen molar-refractivity contribution >= 4 is 33.1 Å². The lowest BCUT2D eigenvalue weighted by Crippen LogP contribution is -2.19. The second-order valence-corrected chi connectivity index (χ2v) is 6.85. The quantitative estimate of drug-likeness (QED) is 0.757. The summed E-state index contributed by atoms with van der Waals surface area (Å²) in [6.45, 7) is 0. The average molecular weight is 377 g/mol. The second-order valence-electron chi connectivity index (χ2n) is 4.94. The maximum atomic E-state index is 13.1. The summed E-state index contributed by atoms with van der Waals surface area (Å²) in [5.74, 6) is -0.102. The number of aromatic nitrogens is 1. The van der Waals surface area contributed by atoms with Gasteiger partial charge in [0.25, 0.3) is 0 Å². The van der Waals surface area contributed by atoms with Crippen LogP contribution in [0.2, 0.25) is 0 Å². The lowest BCUT2D eigenvalue weighted by atomic mass is 9.94. The Balaban J connectivity index is 1.93. The molecular weight excluding hydrogens is 365 g/mol. The fourth-order valence-electron chi connectivity index (χ4n) is 2.57. The van der Waals surface area contributed by atoms with Crippen LogP contribution in [0.3, 0.4) is 0 Å². The molecule has 7 heteroatoms. The molecule has 1 aliphatic carbocycles. The van der Waals surface area contributed by atoms with E-state index in [1.165, 1.54) is 11.1 Å². The summed E-state index contributed by atoms with van der Waals surface area (Å²) >= 11 is 4.71. The largest absolute Gasteiger partial charge is 0.419 e. The minimum absolute atomic E-state index is 0.102. The molecule has 1 N–H and O–H groups in total. The van der Waals surface area contributed by atoms with Gasteiger partial charge < -0.3 is 5.32 Å². The normalized spacial score (nSPS) is 18.4. The SMILES string of the molecule is FC(F)(F)c1cc(Br)cnc1NC1CCCc2sccc21. The Hall–Kier alpha value is -1.08. The van der Waals surface area contributed by atoms with Crippen molar-refractivity contribution in [3.05, 3.63) is 44.2 Å². The predicted octanol–water partition coefficient (Wildman–Crippen LogP) is 5.41. The van der Waals surface area contributed by atoms with Gasteiger partial charge in [-0.2, -0.15) is 13.2 Å². The number of fused-ring (bicyclic) bond motifs is 1. The summed E-state index contributed by atoms with van der Waals surface area (Å²) in [4.78, 5) is 5.18. The lowest BCUT2D eigenvalue weighted by Gasteiger charge is -2.25. The molecule has 2 aromatic rings. The van der Waals surface area contributed by atoms with Gasteiger partial charge in [-0.25, -0.2) is 4.98 Å². The summed E-state index contributed by atoms with van der Waals surface area (Å²) < 4.78 is 39.7. The highest BCUT2D eigenvalue weighted by Crippen LogP contribution is 2.39. The first-order chi connectivity index (χ1) is 9.95. The van der Waals surface area contributed by atoms with Gasteiger partial charge in [0.05, 0.1) is 11.6 Å². The van der Waals surface area contributed by atoms with E-state index in [-0.39, 0.29) is 11.9 Å². The van der Waals surface area contributed by atoms with Crippen LogP contribution in [0.15, 0.2) is 28.2 Å². The van der Waals surface area contributed by atoms with E-state index >= 15 is 0 Å². The Morgan fingerprint density at radius 3 is 2.95 bits per heavy atom. The fourth-order valence-corrected chi connectivity index (χ4v) is 3.89. The number of hydrogen-bond donors (Lipinski definition) is 1. The van der Waals surface area contributed by atoms with E-state index in [2.05, 4.69) is 26.2 Å². The fraction of sp³-hybridized carbons (Fsp3) is 0.357. The number of rotatable bonds is 2. The van der Waals surface area contributed by atoms with Gasteiger partial charge in [-0.05, 0) is 58.3 Å². The maximum Gasteiger partial charge on any atom is 0.419 e. The smallest absolute Gasteiger partial charge is 0.363 e. The summed E-state index contributed by atoms with van der Waals surface area (Å²) in [6.07, 6.45) is -0.243. The highest BCUT2D eigenvalue weighted by Gasteiger charge is 2.35. The van der Waals surface area contributed by atoms with Crippen LogP contribution in [0.25, 0.3) is 0 Å². The molecule has 0 saturated heterocycles. The standard InChI is InChI=1S/C14H12BrF3N2S/c15-8-6-10(14(16,17)18)13(19-7-8)20-11-2-1-3-12-9(11)4-5-21-12/h4-7,11H,1-3H2,(H,19,20). The first kappa shape index (κ1) is 14.8. The molecule has 0 bridgehead atoms. The van der Waals surface area contributed by atoms with Gasteiger partial charge >= 0.3 is 6.18 Å². The topological polar surface area (TPSA) is 24.9 Å². The van der Waals surface area contributed by atoms with E-state index in [1.54, 1.807) is 11.3 Å². The van der Waals surface area contributed by atoms with Gasteiger partial charge in [-0.1, -0.05) is 0 Å². The number of anilines is 1. The van der Waals surface area contributed by atoms with Crippen LogP contribution >= 0.6 is 27.3 Å². The lowest BCUT2D eigenvalue weighted by molar-refractivity contribution is -0.137. The first-order valence-corrected chi connectivity index (χ1v) is 8.18. The van der Waals surface area contributed by atoms with Crippen LogP contribution in [0.1, 0.15) is 34.9 Å². The van der Waals surface area contributed by atoms with Gasteiger partial charge in [0, 0.05) is 15.5 Å². The minimum Gasteiger partial charge on any atom is -0.363 e. The number of thiophene rings is 1. The zero-order valence-electron chi connectivity index (χ0n) is 10.9. The van der Waals surface area contributed by atoms with E-state index in [1.807, 2.05) is 11.4 Å². The van der Waals surface area contributed by atoms with Gasteiger partial charge in [-0.3, -0.25) is 0 Å². The number of halogens is 4. The predicted molar refractivity (Wildman–Crippen MR) is 80.6 cm³/mol. The number of nitrogens with zero attached hydrogens (tertiary/aromatic N) is 1. The number of alkyl halides is 3. The molecule has 0 aliphatic heterocycles. The van der Waals surface area contributed by atoms with Crippen LogP contribution in [0, 0.1) is 0 Å². The zero-order valence-corrected chi connectivity index (χ0v) is 13.3. The zero-order chi connectivity index (χ0) is 15.0. The highest BCUT2D eigenvalue weighted by atomic mass is 79.9. The molecule has 2 nitrogen and oxygen atoms in total. The summed E-state index contributed by atoms with van der Waals surface area (Å²) in [7, 11) is 0. The number of hydrogen-bond acceptors (Lipinski definition) is 3. The third-order valence-corrected chi connectivity index (χ3v) is 4.95. The van der Waals surface area contributed by atoms with E-state index < -0.39 is 11.7 Å². The molecule has 112 valence electrons. The molecule has 2 heterocycles. The van der Waals surface area contributed by atoms with Crippen molar-refractivity contribution in [2.45, 2.75) is 31.5 Å². The second kappa shape index (κ2) is 5.61. The highest BCUT2D eigenvalue weighted by molar-refractivity contribution is 9.10. The molecule has 2 aromatic heterocycles. The third-order valence-electron chi connectivity index (χ3n) is 3.52. The van der Waals surface area contributed by atoms with Gasteiger partial charge in [-0.15, -0.1) is 11.3 Å². The van der Waals surface area contributed by atoms with Crippen LogP contribution in [0.5, 0.6) is 0 Å². The number of nitrogens with one attached hydrogen (secondary N) is 1. The monoisotopic (exact) mass is 376 g/mol. The van der Waals surface area contributed by atoms with E-state index in [9.17, 15) is 13.2 Å². The average Bonchev–Trinajstić information content (AvgIpc) is 2.89. The molecule has 0 spiro atoms. The molecule has 0 fully saturated rings. The number of aryl methyl sites for hydroxylation is 1. The van der Waals surface area contributed by atoms with Crippen molar-refractivity contribution in [2.24, 2.45) is 0 Å². The molecule has 0 aromatic carbocycles. The van der Waals surface area contributed by atoms with E-state index in [4.69, 9.17) is 0 Å². The van der Waals surface area contributed by atoms with Crippen molar-refractivity contribution in [2.75, 3.05) is 5.32 Å². The van der Waals surface area contributed by atoms with Gasteiger partial charge in [0.2, 0.25) is 0 Å². The first-order valence-electron chi connectivity index (χ1n) is 6.50. The molecule has 21 heavy (non-hydrogen) atoms. The molecule has 0 amide bonds. The third kappa shape index (κ3) is 3.08. The molecule has 3 rings (SSSR count). The van der Waals surface area contributed by atoms with Crippen molar-refractivity contribution in [1.29, 1.82) is 0 Å². The minimum atomic E-state index is -4.43. The van der Waals surface area contributed by atoms with Gasteiger partial charge in [0.1, 0.15) is 5.82 Å². The Morgan fingerprint density at radius 2 is 2.19 bits per heavy atom. The Bertz CT molecular complexity index is 654. The molecule has 0 radical (unpaired) electrons. The molecule has 0 saturated carbocycles. The summed E-state index contributed by atoms with van der Waals surface area (Å²) in [6, 6.07) is 2.95. The Labute approximate surface area is 132 Å². The van der Waals surface area contributed by atoms with Crippen LogP contribution < -0.4 is 5.32 Å². The summed E-state index contributed by atoms with van der Waals surface area (Å²) in [5.41, 5.74) is 0.364. The van der Waals surface area contributed by atoms with E-state index in [0.29, 0.717) is 4.47 Å². The van der Waals surface area contributed by atoms with Crippen LogP contribution in [0.4, 0.5) is 19.0 Å². The Morgan fingerprint density at radius 1 is 1.38 bits per heavy atom. The molecular formula is C14H12BrF3N2S. The summed E-state index contributed by atoms with van der Waals surface area (Å²) in [5, 5.41) is 4.97. The van der Waals surface area contributed by atoms with Crippen molar-refractivity contribution in [3.63, 3.8) is 0 Å². The Kier molecular flexibility index (Phi) is 3.96. The van der Waals surface area contributed by atoms with Crippen molar-refractivity contribution in [3.8, 4) is 0 Å². The number of pyridine rings is 1. The molecule has 1 aliphatic rings. The van der Waals surface area contributed by atoms with Crippen LogP contribution in [-0.4, -0.2) is 4.98 Å². The van der Waals surface area contributed by atoms with Crippen LogP contribution in [-0.2, 0) is 12.6 Å². The van der Waals surface area contributed by atoms with E-state index in [0.717, 1.165) is 30.9 Å². The van der Waals surface area contributed by atoms with Crippen molar-refractivity contribution in [1.82, 2.24) is 4.98 Å². The van der Waals surface area contributed by atoms with Crippen molar-refractivity contribution < 1.29 is 13.2 Å².